The normalized spacial score (nSPS) is 11.4. The van der Waals surface area contributed by atoms with E-state index in [0.717, 1.165) is 17.7 Å². The highest BCUT2D eigenvalue weighted by Crippen LogP contribution is 2.32. The van der Waals surface area contributed by atoms with Crippen molar-refractivity contribution in [3.63, 3.8) is 0 Å². The number of nitrogens with one attached hydrogen (secondary N) is 1. The van der Waals surface area contributed by atoms with Gasteiger partial charge in [0.1, 0.15) is 5.76 Å². The van der Waals surface area contributed by atoms with Crippen molar-refractivity contribution < 1.29 is 22.4 Å². The Bertz CT molecular complexity index is 1170. The summed E-state index contributed by atoms with van der Waals surface area (Å²) >= 11 is 0. The van der Waals surface area contributed by atoms with Gasteiger partial charge >= 0.3 is 6.18 Å². The fourth-order valence-corrected chi connectivity index (χ4v) is 2.90. The Morgan fingerprint density at radius 2 is 1.93 bits per heavy atom. The minimum atomic E-state index is -4.46. The lowest BCUT2D eigenvalue weighted by Gasteiger charge is -2.09. The quantitative estimate of drug-likeness (QED) is 0.525. The molecule has 0 aliphatic heterocycles. The summed E-state index contributed by atoms with van der Waals surface area (Å²) in [4.78, 5) is 16.7. The Morgan fingerprint density at radius 1 is 1.07 bits per heavy atom. The number of furan rings is 1. The molecule has 152 valence electrons. The number of carbonyl (C=O) groups excluding carboxylic acids is 1. The van der Waals surface area contributed by atoms with Gasteiger partial charge in [0.25, 0.3) is 5.91 Å². The molecule has 4 aromatic rings. The van der Waals surface area contributed by atoms with Crippen LogP contribution in [0, 0.1) is 0 Å². The van der Waals surface area contributed by atoms with E-state index in [0.29, 0.717) is 5.82 Å². The second-order valence-corrected chi connectivity index (χ2v) is 6.36. The molecule has 0 aliphatic carbocycles. The van der Waals surface area contributed by atoms with Crippen molar-refractivity contribution >= 4 is 5.91 Å². The molecule has 0 spiro atoms. The zero-order chi connectivity index (χ0) is 21.1. The molecule has 0 radical (unpaired) electrons. The molecule has 9 heteroatoms. The molecule has 6 nitrogen and oxygen atoms in total. The van der Waals surface area contributed by atoms with Crippen LogP contribution in [-0.4, -0.2) is 20.7 Å². The van der Waals surface area contributed by atoms with E-state index in [1.807, 2.05) is 0 Å². The van der Waals surface area contributed by atoms with Gasteiger partial charge in [0.05, 0.1) is 5.56 Å². The first-order valence-corrected chi connectivity index (χ1v) is 8.91. The van der Waals surface area contributed by atoms with Crippen molar-refractivity contribution in [2.24, 2.45) is 0 Å². The smallest absolute Gasteiger partial charge is 0.416 e. The third-order valence-corrected chi connectivity index (χ3v) is 4.33. The van der Waals surface area contributed by atoms with Gasteiger partial charge in [0, 0.05) is 36.3 Å². The molecule has 1 aromatic carbocycles. The van der Waals surface area contributed by atoms with E-state index in [1.165, 1.54) is 24.3 Å². The van der Waals surface area contributed by atoms with E-state index in [4.69, 9.17) is 4.42 Å². The van der Waals surface area contributed by atoms with Gasteiger partial charge in [-0.2, -0.15) is 18.3 Å². The van der Waals surface area contributed by atoms with Crippen LogP contribution in [0.5, 0.6) is 0 Å². The Hall–Kier alpha value is -3.88. The zero-order valence-corrected chi connectivity index (χ0v) is 15.4. The van der Waals surface area contributed by atoms with Crippen molar-refractivity contribution in [3.8, 4) is 17.1 Å². The summed E-state index contributed by atoms with van der Waals surface area (Å²) in [5.74, 6) is 0.243. The van der Waals surface area contributed by atoms with Crippen LogP contribution < -0.4 is 5.32 Å². The standard InChI is InChI=1S/C21H15F3N4O2/c22-21(23,24)16-6-1-4-14(12-16)17-7-8-18(30-17)20(29)26-13-15-5-2-9-25-19(15)28-11-3-10-27-28/h1-12H,13H2,(H,26,29). The highest BCUT2D eigenvalue weighted by Gasteiger charge is 2.30. The molecule has 4 rings (SSSR count). The van der Waals surface area contributed by atoms with Crippen molar-refractivity contribution in [2.75, 3.05) is 0 Å². The number of alkyl halides is 3. The number of halogens is 3. The summed E-state index contributed by atoms with van der Waals surface area (Å²) in [5.41, 5.74) is 0.182. The first-order valence-electron chi connectivity index (χ1n) is 8.91. The predicted octanol–water partition coefficient (Wildman–Crippen LogP) is 4.48. The molecule has 0 unspecified atom stereocenters. The Morgan fingerprint density at radius 3 is 2.70 bits per heavy atom. The highest BCUT2D eigenvalue weighted by molar-refractivity contribution is 5.92. The predicted molar refractivity (Wildman–Crippen MR) is 102 cm³/mol. The molecular weight excluding hydrogens is 397 g/mol. The van der Waals surface area contributed by atoms with Crippen molar-refractivity contribution in [3.05, 3.63) is 90.1 Å². The van der Waals surface area contributed by atoms with Crippen LogP contribution in [0.25, 0.3) is 17.1 Å². The zero-order valence-electron chi connectivity index (χ0n) is 15.4. The monoisotopic (exact) mass is 412 g/mol. The first-order chi connectivity index (χ1) is 14.4. The Kier molecular flexibility index (Phi) is 5.09. The summed E-state index contributed by atoms with van der Waals surface area (Å²) in [6.45, 7) is 0.168. The number of benzene rings is 1. The lowest BCUT2D eigenvalue weighted by atomic mass is 10.1. The van der Waals surface area contributed by atoms with Gasteiger partial charge in [-0.15, -0.1) is 0 Å². The number of hydrogen-bond donors (Lipinski definition) is 1. The van der Waals surface area contributed by atoms with E-state index < -0.39 is 17.6 Å². The lowest BCUT2D eigenvalue weighted by molar-refractivity contribution is -0.137. The van der Waals surface area contributed by atoms with Gasteiger partial charge in [0.2, 0.25) is 0 Å². The average molecular weight is 412 g/mol. The van der Waals surface area contributed by atoms with Crippen LogP contribution in [-0.2, 0) is 12.7 Å². The molecule has 0 fully saturated rings. The van der Waals surface area contributed by atoms with Crippen LogP contribution in [0.4, 0.5) is 13.2 Å². The lowest BCUT2D eigenvalue weighted by Crippen LogP contribution is -2.23. The van der Waals surface area contributed by atoms with Gasteiger partial charge in [-0.1, -0.05) is 18.2 Å². The van der Waals surface area contributed by atoms with Gasteiger partial charge in [-0.05, 0) is 36.4 Å². The molecule has 1 N–H and O–H groups in total. The summed E-state index contributed by atoms with van der Waals surface area (Å²) in [6.07, 6.45) is 0.520. The third kappa shape index (κ3) is 4.09. The van der Waals surface area contributed by atoms with Crippen molar-refractivity contribution in [1.82, 2.24) is 20.1 Å². The highest BCUT2D eigenvalue weighted by atomic mass is 19.4. The van der Waals surface area contributed by atoms with Gasteiger partial charge in [-0.3, -0.25) is 4.79 Å². The van der Waals surface area contributed by atoms with Gasteiger partial charge in [0.15, 0.2) is 11.6 Å². The molecule has 0 atom stereocenters. The maximum atomic E-state index is 12.9. The topological polar surface area (TPSA) is 73.0 Å². The fourth-order valence-electron chi connectivity index (χ4n) is 2.90. The summed E-state index contributed by atoms with van der Waals surface area (Å²) in [5, 5.41) is 6.86. The molecule has 0 bridgehead atoms. The SMILES string of the molecule is O=C(NCc1cccnc1-n1cccn1)c1ccc(-c2cccc(C(F)(F)F)c2)o1. The number of rotatable bonds is 5. The minimum Gasteiger partial charge on any atom is -0.451 e. The number of nitrogens with zero attached hydrogens (tertiary/aromatic N) is 3. The van der Waals surface area contributed by atoms with Gasteiger partial charge < -0.3 is 9.73 Å². The molecule has 0 saturated carbocycles. The van der Waals surface area contributed by atoms with Crippen LogP contribution in [0.1, 0.15) is 21.7 Å². The van der Waals surface area contributed by atoms with E-state index in [9.17, 15) is 18.0 Å². The maximum absolute atomic E-state index is 12.9. The van der Waals surface area contributed by atoms with E-state index in [2.05, 4.69) is 15.4 Å². The number of pyridine rings is 1. The second kappa shape index (κ2) is 7.86. The summed E-state index contributed by atoms with van der Waals surface area (Å²) in [6, 6.07) is 12.9. The summed E-state index contributed by atoms with van der Waals surface area (Å²) < 4.78 is 45.8. The van der Waals surface area contributed by atoms with E-state index in [-0.39, 0.29) is 23.6 Å². The third-order valence-electron chi connectivity index (χ3n) is 4.33. The molecule has 3 heterocycles. The largest absolute Gasteiger partial charge is 0.451 e. The molecular formula is C21H15F3N4O2. The molecule has 3 aromatic heterocycles. The number of aromatic nitrogens is 3. The van der Waals surface area contributed by atoms with Crippen LogP contribution in [0.2, 0.25) is 0 Å². The molecule has 1 amide bonds. The van der Waals surface area contributed by atoms with Crippen LogP contribution in [0.3, 0.4) is 0 Å². The fraction of sp³-hybridized carbons (Fsp3) is 0.0952. The van der Waals surface area contributed by atoms with E-state index in [1.54, 1.807) is 41.5 Å². The van der Waals surface area contributed by atoms with Crippen molar-refractivity contribution in [1.29, 1.82) is 0 Å². The number of hydrogen-bond acceptors (Lipinski definition) is 4. The molecule has 30 heavy (non-hydrogen) atoms. The molecule has 0 aliphatic rings. The Labute approximate surface area is 169 Å². The van der Waals surface area contributed by atoms with Gasteiger partial charge in [-0.25, -0.2) is 9.67 Å². The van der Waals surface area contributed by atoms with Crippen LogP contribution in [0.15, 0.2) is 77.6 Å². The van der Waals surface area contributed by atoms with E-state index >= 15 is 0 Å². The van der Waals surface area contributed by atoms with Crippen molar-refractivity contribution in [2.45, 2.75) is 12.7 Å². The maximum Gasteiger partial charge on any atom is 0.416 e. The molecule has 0 saturated heterocycles. The number of carbonyl (C=O) groups is 1. The summed E-state index contributed by atoms with van der Waals surface area (Å²) in [7, 11) is 0. The second-order valence-electron chi connectivity index (χ2n) is 6.36. The first kappa shape index (κ1) is 19.4. The average Bonchev–Trinajstić information content (AvgIpc) is 3.44. The Balaban J connectivity index is 1.49. The van der Waals surface area contributed by atoms with Crippen LogP contribution >= 0.6 is 0 Å². The number of amides is 1. The minimum absolute atomic E-state index is 0.00746.